The second-order valence-corrected chi connectivity index (χ2v) is 6.30. The molecule has 0 atom stereocenters. The van der Waals surface area contributed by atoms with Crippen molar-refractivity contribution in [1.82, 2.24) is 9.97 Å². The zero-order valence-electron chi connectivity index (χ0n) is 17.3. The minimum absolute atomic E-state index is 0.291. The third-order valence-electron chi connectivity index (χ3n) is 4.22. The van der Waals surface area contributed by atoms with Gasteiger partial charge in [-0.25, -0.2) is 9.97 Å². The van der Waals surface area contributed by atoms with Crippen LogP contribution in [-0.4, -0.2) is 50.8 Å². The Bertz CT molecular complexity index is 801. The van der Waals surface area contributed by atoms with E-state index < -0.39 is 0 Å². The van der Waals surface area contributed by atoms with E-state index >= 15 is 0 Å². The largest absolute Gasteiger partial charge is 0.493 e. The average Bonchev–Trinajstić information content (AvgIpc) is 2.70. The highest BCUT2D eigenvalue weighted by Crippen LogP contribution is 2.40. The van der Waals surface area contributed by atoms with Crippen LogP contribution >= 0.6 is 0 Å². The molecule has 8 nitrogen and oxygen atoms in total. The van der Waals surface area contributed by atoms with Crippen molar-refractivity contribution in [3.05, 3.63) is 29.7 Å². The molecule has 2 rings (SSSR count). The van der Waals surface area contributed by atoms with Gasteiger partial charge in [-0.2, -0.15) is 0 Å². The van der Waals surface area contributed by atoms with Crippen molar-refractivity contribution < 1.29 is 19.0 Å². The molecule has 0 saturated carbocycles. The molecular formula is C20H28N4O4. The van der Waals surface area contributed by atoms with E-state index in [1.807, 2.05) is 11.9 Å². The SMILES string of the molecule is CCCCN(C)c1cc(C(=O)Nc2cc(OC)c(OC)c(OC)c2)nc(C)n1. The van der Waals surface area contributed by atoms with Crippen molar-refractivity contribution in [2.45, 2.75) is 26.7 Å². The fourth-order valence-corrected chi connectivity index (χ4v) is 2.72. The van der Waals surface area contributed by atoms with Crippen LogP contribution in [-0.2, 0) is 0 Å². The lowest BCUT2D eigenvalue weighted by atomic mass is 10.2. The number of methoxy groups -OCH3 is 3. The smallest absolute Gasteiger partial charge is 0.274 e. The molecule has 1 aromatic heterocycles. The van der Waals surface area contributed by atoms with Gasteiger partial charge < -0.3 is 24.4 Å². The highest BCUT2D eigenvalue weighted by Gasteiger charge is 2.17. The molecule has 0 spiro atoms. The highest BCUT2D eigenvalue weighted by molar-refractivity contribution is 6.03. The van der Waals surface area contributed by atoms with Gasteiger partial charge in [0.1, 0.15) is 17.3 Å². The molecule has 1 N–H and O–H groups in total. The molecule has 1 aromatic carbocycles. The van der Waals surface area contributed by atoms with Crippen LogP contribution < -0.4 is 24.4 Å². The number of aryl methyl sites for hydroxylation is 1. The van der Waals surface area contributed by atoms with Crippen LogP contribution in [0.15, 0.2) is 18.2 Å². The minimum Gasteiger partial charge on any atom is -0.493 e. The fraction of sp³-hybridized carbons (Fsp3) is 0.450. The van der Waals surface area contributed by atoms with Crippen molar-refractivity contribution in [2.24, 2.45) is 0 Å². The Morgan fingerprint density at radius 3 is 2.25 bits per heavy atom. The normalized spacial score (nSPS) is 10.4. The number of amides is 1. The Morgan fingerprint density at radius 1 is 1.07 bits per heavy atom. The first-order valence-corrected chi connectivity index (χ1v) is 9.11. The van der Waals surface area contributed by atoms with E-state index in [-0.39, 0.29) is 5.91 Å². The molecule has 0 aliphatic rings. The van der Waals surface area contributed by atoms with Gasteiger partial charge in [-0.15, -0.1) is 0 Å². The molecule has 0 bridgehead atoms. The van der Waals surface area contributed by atoms with Crippen molar-refractivity contribution in [1.29, 1.82) is 0 Å². The maximum atomic E-state index is 12.8. The Hall–Kier alpha value is -3.03. The van der Waals surface area contributed by atoms with Crippen molar-refractivity contribution in [3.8, 4) is 17.2 Å². The first-order chi connectivity index (χ1) is 13.4. The maximum absolute atomic E-state index is 12.8. The topological polar surface area (TPSA) is 85.8 Å². The van der Waals surface area contributed by atoms with Crippen molar-refractivity contribution in [3.63, 3.8) is 0 Å². The fourth-order valence-electron chi connectivity index (χ4n) is 2.72. The quantitative estimate of drug-likeness (QED) is 0.705. The Labute approximate surface area is 165 Å². The third-order valence-corrected chi connectivity index (χ3v) is 4.22. The monoisotopic (exact) mass is 388 g/mol. The van der Waals surface area contributed by atoms with Crippen LogP contribution in [0.5, 0.6) is 17.2 Å². The first-order valence-electron chi connectivity index (χ1n) is 9.11. The van der Waals surface area contributed by atoms with Crippen LogP contribution in [0.25, 0.3) is 0 Å². The Morgan fingerprint density at radius 2 is 1.71 bits per heavy atom. The number of aromatic nitrogens is 2. The van der Waals surface area contributed by atoms with E-state index in [0.29, 0.717) is 34.5 Å². The van der Waals surface area contributed by atoms with Crippen LogP contribution in [0.4, 0.5) is 11.5 Å². The highest BCUT2D eigenvalue weighted by atomic mass is 16.5. The molecule has 1 amide bonds. The Balaban J connectivity index is 2.29. The number of nitrogens with zero attached hydrogens (tertiary/aromatic N) is 3. The molecule has 152 valence electrons. The Kier molecular flexibility index (Phi) is 7.43. The van der Waals surface area contributed by atoms with Gasteiger partial charge >= 0.3 is 0 Å². The molecule has 0 unspecified atom stereocenters. The van der Waals surface area contributed by atoms with Gasteiger partial charge in [-0.1, -0.05) is 13.3 Å². The lowest BCUT2D eigenvalue weighted by Gasteiger charge is -2.19. The van der Waals surface area contributed by atoms with Crippen LogP contribution in [0.1, 0.15) is 36.1 Å². The summed E-state index contributed by atoms with van der Waals surface area (Å²) in [5.41, 5.74) is 0.802. The van der Waals surface area contributed by atoms with E-state index in [4.69, 9.17) is 14.2 Å². The number of rotatable bonds is 9. The summed E-state index contributed by atoms with van der Waals surface area (Å²) < 4.78 is 16.0. The third kappa shape index (κ3) is 5.03. The van der Waals surface area contributed by atoms with Gasteiger partial charge in [-0.05, 0) is 13.3 Å². The standard InChI is InChI=1S/C20H28N4O4/c1-7-8-9-24(3)18-12-15(21-13(2)22-18)20(25)23-14-10-16(26-4)19(28-6)17(11-14)27-5/h10-12H,7-9H2,1-6H3,(H,23,25). The minimum atomic E-state index is -0.343. The summed E-state index contributed by atoms with van der Waals surface area (Å²) in [4.78, 5) is 23.5. The number of benzene rings is 1. The number of unbranched alkanes of at least 4 members (excludes halogenated alkanes) is 1. The summed E-state index contributed by atoms with van der Waals surface area (Å²) in [7, 11) is 6.53. The van der Waals surface area contributed by atoms with Crippen LogP contribution in [0.3, 0.4) is 0 Å². The molecule has 1 heterocycles. The first kappa shape index (κ1) is 21.3. The molecular weight excluding hydrogens is 360 g/mol. The van der Waals surface area contributed by atoms with Crippen molar-refractivity contribution in [2.75, 3.05) is 45.1 Å². The second-order valence-electron chi connectivity index (χ2n) is 6.30. The lowest BCUT2D eigenvalue weighted by molar-refractivity contribution is 0.102. The molecule has 0 aliphatic heterocycles. The number of ether oxygens (including phenoxy) is 3. The summed E-state index contributed by atoms with van der Waals surface area (Å²) in [5.74, 6) is 2.28. The summed E-state index contributed by atoms with van der Waals surface area (Å²) in [6.07, 6.45) is 2.13. The number of carbonyl (C=O) groups excluding carboxylic acids is 1. The number of anilines is 2. The van der Waals surface area contributed by atoms with E-state index in [0.717, 1.165) is 25.2 Å². The molecule has 2 aromatic rings. The molecule has 28 heavy (non-hydrogen) atoms. The number of nitrogens with one attached hydrogen (secondary N) is 1. The zero-order chi connectivity index (χ0) is 20.7. The second kappa shape index (κ2) is 9.77. The maximum Gasteiger partial charge on any atom is 0.274 e. The number of hydrogen-bond donors (Lipinski definition) is 1. The summed E-state index contributed by atoms with van der Waals surface area (Å²) in [6.45, 7) is 4.77. The van der Waals surface area contributed by atoms with Gasteiger partial charge in [0.15, 0.2) is 11.5 Å². The average molecular weight is 388 g/mol. The summed E-state index contributed by atoms with van der Waals surface area (Å²) in [6, 6.07) is 5.03. The number of hydrogen-bond acceptors (Lipinski definition) is 7. The van der Waals surface area contributed by atoms with Gasteiger partial charge in [0.25, 0.3) is 5.91 Å². The van der Waals surface area contributed by atoms with E-state index in [2.05, 4.69) is 22.2 Å². The van der Waals surface area contributed by atoms with E-state index in [1.165, 1.54) is 21.3 Å². The lowest BCUT2D eigenvalue weighted by Crippen LogP contribution is -2.22. The summed E-state index contributed by atoms with van der Waals surface area (Å²) >= 11 is 0. The van der Waals surface area contributed by atoms with Gasteiger partial charge in [0.05, 0.1) is 21.3 Å². The van der Waals surface area contributed by atoms with Crippen molar-refractivity contribution >= 4 is 17.4 Å². The molecule has 0 aliphatic carbocycles. The predicted molar refractivity (Wildman–Crippen MR) is 109 cm³/mol. The predicted octanol–water partition coefficient (Wildman–Crippen LogP) is 3.30. The van der Waals surface area contributed by atoms with Gasteiger partial charge in [0, 0.05) is 37.5 Å². The zero-order valence-corrected chi connectivity index (χ0v) is 17.3. The van der Waals surface area contributed by atoms with Crippen LogP contribution in [0.2, 0.25) is 0 Å². The number of carbonyl (C=O) groups is 1. The van der Waals surface area contributed by atoms with Gasteiger partial charge in [-0.3, -0.25) is 4.79 Å². The van der Waals surface area contributed by atoms with Crippen LogP contribution in [0, 0.1) is 6.92 Å². The van der Waals surface area contributed by atoms with E-state index in [1.54, 1.807) is 25.1 Å². The molecule has 0 fully saturated rings. The molecule has 0 radical (unpaired) electrons. The molecule has 0 saturated heterocycles. The van der Waals surface area contributed by atoms with E-state index in [9.17, 15) is 4.79 Å². The summed E-state index contributed by atoms with van der Waals surface area (Å²) in [5, 5.41) is 2.83. The molecule has 8 heteroatoms. The van der Waals surface area contributed by atoms with Gasteiger partial charge in [0.2, 0.25) is 5.75 Å².